The van der Waals surface area contributed by atoms with Gasteiger partial charge in [-0.3, -0.25) is 14.2 Å². The normalized spacial score (nSPS) is 16.1. The number of nitrogens with zero attached hydrogens (tertiary/aromatic N) is 2. The number of hydrogen-bond donors (Lipinski definition) is 0. The van der Waals surface area contributed by atoms with E-state index in [4.69, 9.17) is 4.98 Å². The molecule has 4 nitrogen and oxygen atoms in total. The van der Waals surface area contributed by atoms with Crippen molar-refractivity contribution in [2.75, 3.05) is 5.75 Å². The van der Waals surface area contributed by atoms with Gasteiger partial charge in [-0.25, -0.2) is 4.98 Å². The van der Waals surface area contributed by atoms with Crippen LogP contribution in [0.4, 0.5) is 0 Å². The number of fused-ring (bicyclic) bond motifs is 3. The summed E-state index contributed by atoms with van der Waals surface area (Å²) in [7, 11) is 0. The van der Waals surface area contributed by atoms with Crippen molar-refractivity contribution >= 4 is 39.1 Å². The number of hydrogen-bond acceptors (Lipinski definition) is 5. The summed E-state index contributed by atoms with van der Waals surface area (Å²) in [6, 6.07) is 9.22. The summed E-state index contributed by atoms with van der Waals surface area (Å²) in [5.74, 6) is 0.930. The van der Waals surface area contributed by atoms with E-state index >= 15 is 0 Å². The molecule has 1 aliphatic rings. The minimum absolute atomic E-state index is 0.00777. The van der Waals surface area contributed by atoms with Gasteiger partial charge in [0.2, 0.25) is 0 Å². The summed E-state index contributed by atoms with van der Waals surface area (Å²) in [6.45, 7) is 6.44. The third-order valence-corrected chi connectivity index (χ3v) is 7.24. The van der Waals surface area contributed by atoms with Crippen molar-refractivity contribution in [1.29, 1.82) is 0 Å². The van der Waals surface area contributed by atoms with Gasteiger partial charge in [-0.05, 0) is 30.7 Å². The molecular formula is C22H22N2O2S2. The van der Waals surface area contributed by atoms with Gasteiger partial charge in [0.1, 0.15) is 4.83 Å². The van der Waals surface area contributed by atoms with Crippen LogP contribution in [0.3, 0.4) is 0 Å². The van der Waals surface area contributed by atoms with Crippen LogP contribution in [0.15, 0.2) is 52.9 Å². The van der Waals surface area contributed by atoms with Crippen LogP contribution in [0.25, 0.3) is 10.2 Å². The fourth-order valence-electron chi connectivity index (χ4n) is 3.64. The molecule has 0 saturated heterocycles. The lowest BCUT2D eigenvalue weighted by Crippen LogP contribution is -2.24. The molecule has 0 saturated carbocycles. The van der Waals surface area contributed by atoms with Crippen molar-refractivity contribution in [2.24, 2.45) is 5.92 Å². The SMILES string of the molecule is C=CCn1c(SCC(=O)c2ccccc2)nc2sc3c(c2c1=O)CC[C@@H](C)C3. The molecule has 144 valence electrons. The van der Waals surface area contributed by atoms with Crippen molar-refractivity contribution in [2.45, 2.75) is 37.9 Å². The van der Waals surface area contributed by atoms with Crippen LogP contribution in [-0.4, -0.2) is 21.1 Å². The van der Waals surface area contributed by atoms with Gasteiger partial charge in [0.05, 0.1) is 11.1 Å². The van der Waals surface area contributed by atoms with Gasteiger partial charge in [-0.2, -0.15) is 0 Å². The number of carbonyl (C=O) groups excluding carboxylic acids is 1. The smallest absolute Gasteiger partial charge is 0.263 e. The van der Waals surface area contributed by atoms with Gasteiger partial charge in [0, 0.05) is 17.0 Å². The molecule has 0 radical (unpaired) electrons. The van der Waals surface area contributed by atoms with Crippen molar-refractivity contribution in [3.8, 4) is 0 Å². The van der Waals surface area contributed by atoms with Gasteiger partial charge < -0.3 is 0 Å². The number of thiophene rings is 1. The molecule has 0 fully saturated rings. The van der Waals surface area contributed by atoms with E-state index in [1.54, 1.807) is 22.0 Å². The Morgan fingerprint density at radius 3 is 2.93 bits per heavy atom. The minimum atomic E-state index is -0.00777. The Labute approximate surface area is 172 Å². The molecule has 2 aromatic heterocycles. The zero-order chi connectivity index (χ0) is 19.7. The standard InChI is InChI=1S/C22H22N2O2S2/c1-3-11-24-21(26)19-16-10-9-14(2)12-18(16)28-20(19)23-22(24)27-13-17(25)15-7-5-4-6-8-15/h3-8,14H,1,9-13H2,2H3/t14-/m1/s1. The lowest BCUT2D eigenvalue weighted by Gasteiger charge is -2.17. The number of Topliss-reactive ketones (excluding diaryl/α,β-unsaturated/α-hetero) is 1. The second kappa shape index (κ2) is 8.05. The summed E-state index contributed by atoms with van der Waals surface area (Å²) in [5, 5.41) is 1.36. The molecule has 6 heteroatoms. The zero-order valence-corrected chi connectivity index (χ0v) is 17.4. The summed E-state index contributed by atoms with van der Waals surface area (Å²) < 4.78 is 1.66. The first kappa shape index (κ1) is 19.2. The molecule has 1 aliphatic carbocycles. The van der Waals surface area contributed by atoms with Gasteiger partial charge in [-0.15, -0.1) is 17.9 Å². The van der Waals surface area contributed by atoms with E-state index in [0.29, 0.717) is 23.2 Å². The van der Waals surface area contributed by atoms with Gasteiger partial charge in [0.25, 0.3) is 5.56 Å². The highest BCUT2D eigenvalue weighted by molar-refractivity contribution is 7.99. The molecule has 0 amide bonds. The van der Waals surface area contributed by atoms with Crippen molar-refractivity contribution in [3.63, 3.8) is 0 Å². The van der Waals surface area contributed by atoms with Gasteiger partial charge in [0.15, 0.2) is 10.9 Å². The van der Waals surface area contributed by atoms with E-state index in [9.17, 15) is 9.59 Å². The Morgan fingerprint density at radius 2 is 2.18 bits per heavy atom. The number of ketones is 1. The lowest BCUT2D eigenvalue weighted by atomic mass is 9.89. The van der Waals surface area contributed by atoms with Crippen LogP contribution in [0.1, 0.15) is 34.1 Å². The molecule has 1 aromatic carbocycles. The molecule has 28 heavy (non-hydrogen) atoms. The van der Waals surface area contributed by atoms with Crippen LogP contribution in [0.5, 0.6) is 0 Å². The number of rotatable bonds is 6. The first-order valence-electron chi connectivity index (χ1n) is 9.45. The minimum Gasteiger partial charge on any atom is -0.293 e. The maximum Gasteiger partial charge on any atom is 0.263 e. The van der Waals surface area contributed by atoms with Crippen LogP contribution in [0, 0.1) is 5.92 Å². The van der Waals surface area contributed by atoms with E-state index < -0.39 is 0 Å². The van der Waals surface area contributed by atoms with E-state index in [-0.39, 0.29) is 17.1 Å². The van der Waals surface area contributed by atoms with Gasteiger partial charge >= 0.3 is 0 Å². The topological polar surface area (TPSA) is 52.0 Å². The fraction of sp³-hybridized carbons (Fsp3) is 0.318. The molecule has 0 aliphatic heterocycles. The van der Waals surface area contributed by atoms with Crippen molar-refractivity contribution < 1.29 is 4.79 Å². The second-order valence-corrected chi connectivity index (χ2v) is 9.23. The summed E-state index contributed by atoms with van der Waals surface area (Å²) >= 11 is 2.97. The van der Waals surface area contributed by atoms with E-state index in [0.717, 1.165) is 29.5 Å². The third-order valence-electron chi connectivity index (χ3n) is 5.12. The number of aromatic nitrogens is 2. The number of thioether (sulfide) groups is 1. The largest absolute Gasteiger partial charge is 0.293 e. The number of carbonyl (C=O) groups is 1. The Bertz CT molecular complexity index is 1100. The maximum atomic E-state index is 13.3. The van der Waals surface area contributed by atoms with Crippen LogP contribution in [0.2, 0.25) is 0 Å². The second-order valence-electron chi connectivity index (χ2n) is 7.21. The number of benzene rings is 1. The molecule has 2 heterocycles. The zero-order valence-electron chi connectivity index (χ0n) is 15.8. The van der Waals surface area contributed by atoms with Crippen LogP contribution < -0.4 is 5.56 Å². The summed E-state index contributed by atoms with van der Waals surface area (Å²) in [4.78, 5) is 32.6. The van der Waals surface area contributed by atoms with Crippen LogP contribution in [-0.2, 0) is 19.4 Å². The molecule has 0 bridgehead atoms. The van der Waals surface area contributed by atoms with Gasteiger partial charge in [-0.1, -0.05) is 55.1 Å². The molecular weight excluding hydrogens is 388 g/mol. The lowest BCUT2D eigenvalue weighted by molar-refractivity contribution is 0.102. The molecule has 0 spiro atoms. The molecule has 1 atom stereocenters. The highest BCUT2D eigenvalue weighted by atomic mass is 32.2. The average Bonchev–Trinajstić information content (AvgIpc) is 3.06. The van der Waals surface area contributed by atoms with Crippen LogP contribution >= 0.6 is 23.1 Å². The third kappa shape index (κ3) is 3.59. The first-order chi connectivity index (χ1) is 13.6. The molecule has 3 aromatic rings. The summed E-state index contributed by atoms with van der Waals surface area (Å²) in [6.07, 6.45) is 4.79. The van der Waals surface area contributed by atoms with E-state index in [1.807, 2.05) is 30.3 Å². The van der Waals surface area contributed by atoms with Crippen molar-refractivity contribution in [3.05, 3.63) is 69.3 Å². The Kier molecular flexibility index (Phi) is 5.51. The number of allylic oxidation sites excluding steroid dienone is 1. The Hall–Kier alpha value is -2.18. The average molecular weight is 411 g/mol. The first-order valence-corrected chi connectivity index (χ1v) is 11.3. The highest BCUT2D eigenvalue weighted by Crippen LogP contribution is 2.36. The predicted molar refractivity (Wildman–Crippen MR) is 117 cm³/mol. The number of aryl methyl sites for hydroxylation is 1. The molecule has 4 rings (SSSR count). The molecule has 0 unspecified atom stereocenters. The Morgan fingerprint density at radius 1 is 1.39 bits per heavy atom. The monoisotopic (exact) mass is 410 g/mol. The quantitative estimate of drug-likeness (QED) is 0.255. The molecule has 0 N–H and O–H groups in total. The maximum absolute atomic E-state index is 13.3. The highest BCUT2D eigenvalue weighted by Gasteiger charge is 2.24. The summed E-state index contributed by atoms with van der Waals surface area (Å²) in [5.41, 5.74) is 1.85. The van der Waals surface area contributed by atoms with E-state index in [1.165, 1.54) is 22.2 Å². The fourth-order valence-corrected chi connectivity index (χ4v) is 5.97. The van der Waals surface area contributed by atoms with E-state index in [2.05, 4.69) is 13.5 Å². The van der Waals surface area contributed by atoms with Crippen molar-refractivity contribution in [1.82, 2.24) is 9.55 Å². The predicted octanol–water partition coefficient (Wildman–Crippen LogP) is 4.74. The Balaban J connectivity index is 1.71.